The quantitative estimate of drug-likeness (QED) is 0.893. The summed E-state index contributed by atoms with van der Waals surface area (Å²) in [6.07, 6.45) is 3.27. The molecule has 0 spiro atoms. The summed E-state index contributed by atoms with van der Waals surface area (Å²) in [5, 5.41) is 15.0. The SMILES string of the molecule is Cc1cc(Nc2nccs2)nc(N2CCCC(C(=O)O)C2)n1. The number of rotatable bonds is 4. The predicted octanol–water partition coefficient (Wildman–Crippen LogP) is 2.29. The van der Waals surface area contributed by atoms with Crippen molar-refractivity contribution in [1.29, 1.82) is 0 Å². The van der Waals surface area contributed by atoms with Gasteiger partial charge in [-0.1, -0.05) is 0 Å². The van der Waals surface area contributed by atoms with E-state index in [1.165, 1.54) is 11.3 Å². The maximum Gasteiger partial charge on any atom is 0.308 e. The van der Waals surface area contributed by atoms with Crippen LogP contribution >= 0.6 is 11.3 Å². The van der Waals surface area contributed by atoms with Crippen molar-refractivity contribution >= 4 is 34.2 Å². The van der Waals surface area contributed by atoms with Crippen molar-refractivity contribution < 1.29 is 9.90 Å². The molecule has 2 aromatic rings. The molecule has 7 nitrogen and oxygen atoms in total. The summed E-state index contributed by atoms with van der Waals surface area (Å²) in [6.45, 7) is 3.14. The highest BCUT2D eigenvalue weighted by atomic mass is 32.1. The lowest BCUT2D eigenvalue weighted by molar-refractivity contribution is -0.141. The predicted molar refractivity (Wildman–Crippen MR) is 84.7 cm³/mol. The minimum atomic E-state index is -0.751. The van der Waals surface area contributed by atoms with Crippen LogP contribution in [0.15, 0.2) is 17.6 Å². The van der Waals surface area contributed by atoms with Gasteiger partial charge in [-0.2, -0.15) is 4.98 Å². The van der Waals surface area contributed by atoms with Gasteiger partial charge in [-0.05, 0) is 19.8 Å². The number of nitrogens with zero attached hydrogens (tertiary/aromatic N) is 4. The lowest BCUT2D eigenvalue weighted by atomic mass is 9.99. The zero-order valence-electron chi connectivity index (χ0n) is 12.2. The molecule has 1 fully saturated rings. The maximum absolute atomic E-state index is 11.2. The fourth-order valence-electron chi connectivity index (χ4n) is 2.51. The smallest absolute Gasteiger partial charge is 0.308 e. The number of thiazole rings is 1. The van der Waals surface area contributed by atoms with Crippen molar-refractivity contribution in [3.05, 3.63) is 23.3 Å². The number of aryl methyl sites for hydroxylation is 1. The van der Waals surface area contributed by atoms with Crippen molar-refractivity contribution in [3.8, 4) is 0 Å². The molecule has 2 N–H and O–H groups in total. The van der Waals surface area contributed by atoms with Gasteiger partial charge in [-0.25, -0.2) is 9.97 Å². The lowest BCUT2D eigenvalue weighted by Gasteiger charge is -2.30. The fraction of sp³-hybridized carbons (Fsp3) is 0.429. The molecule has 116 valence electrons. The Bertz CT molecular complexity index is 661. The third kappa shape index (κ3) is 3.33. The lowest BCUT2D eigenvalue weighted by Crippen LogP contribution is -2.39. The molecule has 1 saturated heterocycles. The van der Waals surface area contributed by atoms with E-state index in [4.69, 9.17) is 0 Å². The molecule has 1 atom stereocenters. The van der Waals surface area contributed by atoms with Crippen LogP contribution < -0.4 is 10.2 Å². The van der Waals surface area contributed by atoms with Crippen LogP contribution in [-0.4, -0.2) is 39.1 Å². The molecule has 1 aliphatic heterocycles. The Kier molecular flexibility index (Phi) is 4.19. The van der Waals surface area contributed by atoms with E-state index in [2.05, 4.69) is 20.3 Å². The van der Waals surface area contributed by atoms with Crippen LogP contribution in [0.5, 0.6) is 0 Å². The van der Waals surface area contributed by atoms with Gasteiger partial charge in [0.25, 0.3) is 0 Å². The van der Waals surface area contributed by atoms with Crippen LogP contribution in [0.4, 0.5) is 16.9 Å². The summed E-state index contributed by atoms with van der Waals surface area (Å²) < 4.78 is 0. The van der Waals surface area contributed by atoms with Crippen LogP contribution in [0, 0.1) is 12.8 Å². The molecule has 1 aliphatic rings. The minimum Gasteiger partial charge on any atom is -0.481 e. The second-order valence-electron chi connectivity index (χ2n) is 5.28. The Morgan fingerprint density at radius 1 is 1.50 bits per heavy atom. The monoisotopic (exact) mass is 319 g/mol. The number of anilines is 3. The largest absolute Gasteiger partial charge is 0.481 e. The average Bonchev–Trinajstić information content (AvgIpc) is 2.99. The fourth-order valence-corrected chi connectivity index (χ4v) is 3.05. The molecule has 3 rings (SSSR count). The summed E-state index contributed by atoms with van der Waals surface area (Å²) in [4.78, 5) is 26.3. The zero-order chi connectivity index (χ0) is 15.5. The number of aromatic nitrogens is 3. The van der Waals surface area contributed by atoms with Gasteiger partial charge in [0, 0.05) is 36.4 Å². The number of nitrogens with one attached hydrogen (secondary N) is 1. The first kappa shape index (κ1) is 14.7. The second-order valence-corrected chi connectivity index (χ2v) is 6.17. The number of aliphatic carboxylic acids is 1. The van der Waals surface area contributed by atoms with Crippen LogP contribution in [0.2, 0.25) is 0 Å². The molecule has 8 heteroatoms. The molecule has 0 radical (unpaired) electrons. The summed E-state index contributed by atoms with van der Waals surface area (Å²) >= 11 is 1.50. The molecule has 1 unspecified atom stereocenters. The first-order valence-electron chi connectivity index (χ1n) is 7.12. The normalized spacial score (nSPS) is 18.2. The first-order valence-corrected chi connectivity index (χ1v) is 8.00. The van der Waals surface area contributed by atoms with Crippen molar-refractivity contribution in [2.24, 2.45) is 5.92 Å². The van der Waals surface area contributed by atoms with E-state index < -0.39 is 5.97 Å². The first-order chi connectivity index (χ1) is 10.6. The highest BCUT2D eigenvalue weighted by Crippen LogP contribution is 2.24. The van der Waals surface area contributed by atoms with Gasteiger partial charge in [-0.15, -0.1) is 11.3 Å². The zero-order valence-corrected chi connectivity index (χ0v) is 13.0. The van der Waals surface area contributed by atoms with E-state index in [0.29, 0.717) is 24.7 Å². The van der Waals surface area contributed by atoms with Crippen LogP contribution in [0.1, 0.15) is 18.5 Å². The molecular formula is C14H17N5O2S. The summed E-state index contributed by atoms with van der Waals surface area (Å²) in [5.41, 5.74) is 0.835. The highest BCUT2D eigenvalue weighted by Gasteiger charge is 2.27. The van der Waals surface area contributed by atoms with E-state index >= 15 is 0 Å². The molecule has 22 heavy (non-hydrogen) atoms. The third-order valence-electron chi connectivity index (χ3n) is 3.56. The third-order valence-corrected chi connectivity index (χ3v) is 4.25. The minimum absolute atomic E-state index is 0.353. The van der Waals surface area contributed by atoms with Crippen molar-refractivity contribution in [1.82, 2.24) is 15.0 Å². The van der Waals surface area contributed by atoms with Gasteiger partial charge >= 0.3 is 5.97 Å². The Morgan fingerprint density at radius 2 is 2.36 bits per heavy atom. The summed E-state index contributed by atoms with van der Waals surface area (Å²) in [7, 11) is 0. The number of hydrogen-bond donors (Lipinski definition) is 2. The van der Waals surface area contributed by atoms with E-state index in [1.807, 2.05) is 23.3 Å². The molecular weight excluding hydrogens is 302 g/mol. The van der Waals surface area contributed by atoms with Crippen molar-refractivity contribution in [3.63, 3.8) is 0 Å². The summed E-state index contributed by atoms with van der Waals surface area (Å²) in [5.74, 6) is 0.145. The number of carboxylic acids is 1. The van der Waals surface area contributed by atoms with Crippen molar-refractivity contribution in [2.75, 3.05) is 23.3 Å². The molecule has 0 aromatic carbocycles. The molecule has 0 aliphatic carbocycles. The molecule has 2 aromatic heterocycles. The highest BCUT2D eigenvalue weighted by molar-refractivity contribution is 7.13. The number of piperidine rings is 1. The van der Waals surface area contributed by atoms with Gasteiger partial charge in [-0.3, -0.25) is 4.79 Å². The van der Waals surface area contributed by atoms with E-state index in [-0.39, 0.29) is 5.92 Å². The Hall–Kier alpha value is -2.22. The maximum atomic E-state index is 11.2. The van der Waals surface area contributed by atoms with Crippen LogP contribution in [0.25, 0.3) is 0 Å². The number of hydrogen-bond acceptors (Lipinski definition) is 7. The van der Waals surface area contributed by atoms with Crippen LogP contribution in [0.3, 0.4) is 0 Å². The van der Waals surface area contributed by atoms with E-state index in [0.717, 1.165) is 23.8 Å². The molecule has 0 bridgehead atoms. The van der Waals surface area contributed by atoms with Crippen molar-refractivity contribution in [2.45, 2.75) is 19.8 Å². The molecule has 0 amide bonds. The average molecular weight is 319 g/mol. The Balaban J connectivity index is 1.81. The van der Waals surface area contributed by atoms with E-state index in [1.54, 1.807) is 6.20 Å². The van der Waals surface area contributed by atoms with Gasteiger partial charge < -0.3 is 15.3 Å². The van der Waals surface area contributed by atoms with Gasteiger partial charge in [0.15, 0.2) is 5.13 Å². The van der Waals surface area contributed by atoms with Gasteiger partial charge in [0.2, 0.25) is 5.95 Å². The van der Waals surface area contributed by atoms with Crippen LogP contribution in [-0.2, 0) is 4.79 Å². The van der Waals surface area contributed by atoms with E-state index in [9.17, 15) is 9.90 Å². The Labute approximate surface area is 132 Å². The standard InChI is InChI=1S/C14H17N5O2S/c1-9-7-11(18-14-15-4-6-22-14)17-13(16-9)19-5-2-3-10(8-19)12(20)21/h4,6-7,10H,2-3,5,8H2,1H3,(H,20,21)(H,15,16,17,18). The molecule has 3 heterocycles. The second kappa shape index (κ2) is 6.27. The Morgan fingerprint density at radius 3 is 3.09 bits per heavy atom. The topological polar surface area (TPSA) is 91.2 Å². The van der Waals surface area contributed by atoms with Gasteiger partial charge in [0.05, 0.1) is 5.92 Å². The summed E-state index contributed by atoms with van der Waals surface area (Å²) in [6, 6.07) is 1.85. The van der Waals surface area contributed by atoms with Gasteiger partial charge in [0.1, 0.15) is 5.82 Å². The number of carbonyl (C=O) groups is 1. The molecule has 0 saturated carbocycles. The number of carboxylic acid groups (broad SMARTS) is 1.